The molecule has 138 valence electrons. The van der Waals surface area contributed by atoms with Crippen LogP contribution in [0.4, 0.5) is 0 Å². The van der Waals surface area contributed by atoms with Crippen LogP contribution in [0.15, 0.2) is 54.6 Å². The van der Waals surface area contributed by atoms with E-state index in [1.54, 1.807) is 0 Å². The Morgan fingerprint density at radius 1 is 0.964 bits per heavy atom. The number of carboxylic acid groups (broad SMARTS) is 1. The normalized spacial score (nSPS) is 18.7. The van der Waals surface area contributed by atoms with Crippen LogP contribution < -0.4 is 4.74 Å². The van der Waals surface area contributed by atoms with E-state index < -0.39 is 17.5 Å². The van der Waals surface area contributed by atoms with E-state index in [1.165, 1.54) is 18.2 Å². The third-order valence-corrected chi connectivity index (χ3v) is 5.84. The first-order valence-electron chi connectivity index (χ1n) is 8.60. The number of halogens is 1. The Balaban J connectivity index is 1.90. The summed E-state index contributed by atoms with van der Waals surface area (Å²) >= 11 is 2.20. The molecule has 0 saturated carbocycles. The molecular weight excluding hydrogens is 471 g/mol. The SMILES string of the molecule is Cc1ccc2c(c1)Oc1cc(I)ccc1C21OC(=O)c2ccc(C(=O)O)cc21. The lowest BCUT2D eigenvalue weighted by Crippen LogP contribution is -2.33. The second-order valence-corrected chi connectivity index (χ2v) is 8.12. The predicted molar refractivity (Wildman–Crippen MR) is 109 cm³/mol. The molecular formula is C22H13IO5. The summed E-state index contributed by atoms with van der Waals surface area (Å²) in [4.78, 5) is 24.3. The van der Waals surface area contributed by atoms with Gasteiger partial charge in [0.05, 0.1) is 11.1 Å². The van der Waals surface area contributed by atoms with Crippen LogP contribution in [0, 0.1) is 10.5 Å². The van der Waals surface area contributed by atoms with Gasteiger partial charge in [0, 0.05) is 20.3 Å². The molecule has 2 aliphatic heterocycles. The maximum absolute atomic E-state index is 12.8. The Morgan fingerprint density at radius 3 is 2.43 bits per heavy atom. The minimum Gasteiger partial charge on any atom is -0.478 e. The van der Waals surface area contributed by atoms with Crippen LogP contribution in [0.5, 0.6) is 11.5 Å². The lowest BCUT2D eigenvalue weighted by atomic mass is 9.77. The number of aryl methyl sites for hydroxylation is 1. The zero-order valence-corrected chi connectivity index (χ0v) is 16.8. The summed E-state index contributed by atoms with van der Waals surface area (Å²) in [6.07, 6.45) is 0. The van der Waals surface area contributed by atoms with Crippen molar-refractivity contribution in [3.63, 3.8) is 0 Å². The van der Waals surface area contributed by atoms with Gasteiger partial charge < -0.3 is 14.6 Å². The first-order chi connectivity index (χ1) is 13.4. The van der Waals surface area contributed by atoms with Gasteiger partial charge in [-0.25, -0.2) is 9.59 Å². The number of hydrogen-bond donors (Lipinski definition) is 1. The van der Waals surface area contributed by atoms with Gasteiger partial charge in [0.2, 0.25) is 0 Å². The standard InChI is InChI=1S/C22H13IO5/c1-11-2-6-15-18(8-11)27-19-10-13(23)4-7-16(19)22(15)17-9-12(20(24)25)3-5-14(17)21(26)28-22/h2-10H,1H3,(H,24,25). The second kappa shape index (κ2) is 5.81. The van der Waals surface area contributed by atoms with E-state index in [1.807, 2.05) is 43.3 Å². The fourth-order valence-corrected chi connectivity index (χ4v) is 4.40. The van der Waals surface area contributed by atoms with Crippen molar-refractivity contribution >= 4 is 34.5 Å². The van der Waals surface area contributed by atoms with Crippen molar-refractivity contribution < 1.29 is 24.2 Å². The molecule has 0 bridgehead atoms. The van der Waals surface area contributed by atoms with Gasteiger partial charge in [0.15, 0.2) is 5.60 Å². The number of ether oxygens (including phenoxy) is 2. The number of rotatable bonds is 1. The number of carbonyl (C=O) groups excluding carboxylic acids is 1. The van der Waals surface area contributed by atoms with E-state index in [9.17, 15) is 14.7 Å². The van der Waals surface area contributed by atoms with Crippen molar-refractivity contribution in [1.82, 2.24) is 0 Å². The fourth-order valence-electron chi connectivity index (χ4n) is 3.94. The zero-order valence-electron chi connectivity index (χ0n) is 14.7. The molecule has 2 aliphatic rings. The lowest BCUT2D eigenvalue weighted by molar-refractivity contribution is 0.0224. The molecule has 1 atom stereocenters. The molecule has 0 saturated heterocycles. The molecule has 3 aromatic rings. The quantitative estimate of drug-likeness (QED) is 0.395. The lowest BCUT2D eigenvalue weighted by Gasteiger charge is -2.36. The second-order valence-electron chi connectivity index (χ2n) is 6.88. The highest BCUT2D eigenvalue weighted by Gasteiger charge is 2.53. The third-order valence-electron chi connectivity index (χ3n) is 5.17. The molecule has 28 heavy (non-hydrogen) atoms. The van der Waals surface area contributed by atoms with E-state index in [4.69, 9.17) is 9.47 Å². The van der Waals surface area contributed by atoms with Crippen LogP contribution in [0.25, 0.3) is 0 Å². The monoisotopic (exact) mass is 484 g/mol. The average molecular weight is 484 g/mol. The summed E-state index contributed by atoms with van der Waals surface area (Å²) in [6.45, 7) is 1.96. The van der Waals surface area contributed by atoms with Gasteiger partial charge in [-0.2, -0.15) is 0 Å². The molecule has 0 aliphatic carbocycles. The minimum atomic E-state index is -1.24. The molecule has 3 aromatic carbocycles. The number of benzene rings is 3. The number of fused-ring (bicyclic) bond motifs is 6. The predicted octanol–water partition coefficient (Wildman–Crippen LogP) is 4.87. The molecule has 0 amide bonds. The highest BCUT2D eigenvalue weighted by atomic mass is 127. The van der Waals surface area contributed by atoms with Crippen molar-refractivity contribution in [2.24, 2.45) is 0 Å². The molecule has 1 N–H and O–H groups in total. The van der Waals surface area contributed by atoms with Gasteiger partial charge in [-0.05, 0) is 77.5 Å². The van der Waals surface area contributed by atoms with Crippen LogP contribution in [-0.2, 0) is 10.3 Å². The Bertz CT molecular complexity index is 1150. The molecule has 5 rings (SSSR count). The number of esters is 1. The summed E-state index contributed by atoms with van der Waals surface area (Å²) in [6, 6.07) is 15.8. The summed E-state index contributed by atoms with van der Waals surface area (Å²) in [5.41, 5.74) is 2.12. The summed E-state index contributed by atoms with van der Waals surface area (Å²) < 4.78 is 13.1. The largest absolute Gasteiger partial charge is 0.478 e. The van der Waals surface area contributed by atoms with Gasteiger partial charge in [-0.15, -0.1) is 0 Å². The molecule has 6 heteroatoms. The number of carbonyl (C=O) groups is 2. The number of carboxylic acids is 1. The minimum absolute atomic E-state index is 0.101. The van der Waals surface area contributed by atoms with Gasteiger partial charge in [-0.3, -0.25) is 0 Å². The maximum Gasteiger partial charge on any atom is 0.340 e. The highest BCUT2D eigenvalue weighted by Crippen LogP contribution is 2.56. The van der Waals surface area contributed by atoms with Gasteiger partial charge >= 0.3 is 11.9 Å². The maximum atomic E-state index is 12.8. The van der Waals surface area contributed by atoms with E-state index >= 15 is 0 Å². The Kier molecular flexibility index (Phi) is 3.58. The highest BCUT2D eigenvalue weighted by molar-refractivity contribution is 14.1. The van der Waals surface area contributed by atoms with Crippen molar-refractivity contribution in [3.8, 4) is 11.5 Å². The molecule has 0 fully saturated rings. The van der Waals surface area contributed by atoms with Gasteiger partial charge in [-0.1, -0.05) is 12.1 Å². The Morgan fingerprint density at radius 2 is 1.68 bits per heavy atom. The first-order valence-corrected chi connectivity index (χ1v) is 9.68. The van der Waals surface area contributed by atoms with Gasteiger partial charge in [0.1, 0.15) is 11.5 Å². The molecule has 0 radical (unpaired) electrons. The van der Waals surface area contributed by atoms with Crippen LogP contribution in [-0.4, -0.2) is 17.0 Å². The van der Waals surface area contributed by atoms with Crippen molar-refractivity contribution in [2.75, 3.05) is 0 Å². The third kappa shape index (κ3) is 2.24. The fraction of sp³-hybridized carbons (Fsp3) is 0.0909. The average Bonchev–Trinajstić information content (AvgIpc) is 2.94. The molecule has 1 unspecified atom stereocenters. The molecule has 5 nitrogen and oxygen atoms in total. The first kappa shape index (κ1) is 17.2. The van der Waals surface area contributed by atoms with E-state index in [2.05, 4.69) is 22.6 Å². The van der Waals surface area contributed by atoms with Crippen molar-refractivity contribution in [3.05, 3.63) is 91.5 Å². The van der Waals surface area contributed by atoms with E-state index in [-0.39, 0.29) is 5.56 Å². The van der Waals surface area contributed by atoms with Crippen LogP contribution >= 0.6 is 22.6 Å². The number of hydrogen-bond acceptors (Lipinski definition) is 4. The van der Waals surface area contributed by atoms with Crippen LogP contribution in [0.1, 0.15) is 43.0 Å². The van der Waals surface area contributed by atoms with E-state index in [0.717, 1.165) is 9.13 Å². The summed E-state index contributed by atoms with van der Waals surface area (Å²) in [5, 5.41) is 9.48. The van der Waals surface area contributed by atoms with E-state index in [0.29, 0.717) is 33.8 Å². The Labute approximate surface area is 174 Å². The summed E-state index contributed by atoms with van der Waals surface area (Å²) in [7, 11) is 0. The van der Waals surface area contributed by atoms with Crippen molar-refractivity contribution in [2.45, 2.75) is 12.5 Å². The van der Waals surface area contributed by atoms with Crippen molar-refractivity contribution in [1.29, 1.82) is 0 Å². The number of aromatic carboxylic acids is 1. The van der Waals surface area contributed by atoms with Gasteiger partial charge in [0.25, 0.3) is 0 Å². The summed E-state index contributed by atoms with van der Waals surface area (Å²) in [5.74, 6) is -0.358. The van der Waals surface area contributed by atoms with Crippen LogP contribution in [0.2, 0.25) is 0 Å². The zero-order chi connectivity index (χ0) is 19.6. The molecule has 2 heterocycles. The molecule has 0 aromatic heterocycles. The van der Waals surface area contributed by atoms with Crippen LogP contribution in [0.3, 0.4) is 0 Å². The topological polar surface area (TPSA) is 72.8 Å². The smallest absolute Gasteiger partial charge is 0.340 e. The molecule has 1 spiro atoms. The Hall–Kier alpha value is -2.87.